The minimum Gasteiger partial charge on any atom is -0.489 e. The second kappa shape index (κ2) is 8.87. The molecule has 0 bridgehead atoms. The lowest BCUT2D eigenvalue weighted by Crippen LogP contribution is -2.31. The second-order valence-electron chi connectivity index (χ2n) is 9.11. The molecule has 0 spiro atoms. The molecule has 1 atom stereocenters. The van der Waals surface area contributed by atoms with Crippen LogP contribution in [0.1, 0.15) is 42.0 Å². The fourth-order valence-corrected chi connectivity index (χ4v) is 4.78. The molecule has 6 rings (SSSR count). The van der Waals surface area contributed by atoms with E-state index in [0.717, 1.165) is 46.6 Å². The summed E-state index contributed by atoms with van der Waals surface area (Å²) < 4.78 is 7.84. The van der Waals surface area contributed by atoms with Crippen LogP contribution >= 0.6 is 0 Å². The van der Waals surface area contributed by atoms with Crippen LogP contribution in [0.5, 0.6) is 5.75 Å². The molecule has 0 fully saturated rings. The molecule has 1 aliphatic carbocycles. The maximum absolute atomic E-state index is 13.1. The van der Waals surface area contributed by atoms with Crippen LogP contribution in [0.3, 0.4) is 0 Å². The van der Waals surface area contributed by atoms with Gasteiger partial charge in [-0.25, -0.2) is 4.68 Å². The number of hydrogen-bond donors (Lipinski definition) is 1. The largest absolute Gasteiger partial charge is 0.489 e. The van der Waals surface area contributed by atoms with Gasteiger partial charge in [-0.3, -0.25) is 4.79 Å². The summed E-state index contributed by atoms with van der Waals surface area (Å²) in [6.07, 6.45) is 2.25. The predicted octanol–water partition coefficient (Wildman–Crippen LogP) is 5.85. The number of carbonyl (C=O) groups excluding carboxylic acids is 1. The van der Waals surface area contributed by atoms with E-state index in [4.69, 9.17) is 14.8 Å². The monoisotopic (exact) mass is 462 g/mol. The summed E-state index contributed by atoms with van der Waals surface area (Å²) in [6, 6.07) is 25.9. The first kappa shape index (κ1) is 21.4. The molecule has 2 aliphatic rings. The number of ketones is 1. The van der Waals surface area contributed by atoms with Gasteiger partial charge in [-0.05, 0) is 43.0 Å². The standard InChI is InChI=1S/C29H26N4O2/c1-19-10-12-22(13-11-19)28-31-29-30-24-8-5-9-25(34)26(24)27(33(29)32-28)21-14-16-23(17-15-21)35-18-20-6-3-2-4-7-20/h2-4,6-7,10-17,27H,5,8-9,18H2,1H3,(H,30,31,32). The van der Waals surface area contributed by atoms with Crippen molar-refractivity contribution in [2.75, 3.05) is 5.32 Å². The number of Topliss-reactive ketones (excluding diaryl/α,β-unsaturated/α-hetero) is 1. The zero-order valence-corrected chi connectivity index (χ0v) is 19.6. The minimum absolute atomic E-state index is 0.172. The van der Waals surface area contributed by atoms with E-state index in [2.05, 4.69) is 24.4 Å². The van der Waals surface area contributed by atoms with E-state index in [1.54, 1.807) is 0 Å². The van der Waals surface area contributed by atoms with Crippen LogP contribution in [-0.4, -0.2) is 20.5 Å². The summed E-state index contributed by atoms with van der Waals surface area (Å²) in [4.78, 5) is 17.9. The number of nitrogens with one attached hydrogen (secondary N) is 1. The lowest BCUT2D eigenvalue weighted by molar-refractivity contribution is -0.116. The molecule has 0 amide bonds. The van der Waals surface area contributed by atoms with E-state index in [0.29, 0.717) is 24.8 Å². The Morgan fingerprint density at radius 2 is 1.74 bits per heavy atom. The van der Waals surface area contributed by atoms with Gasteiger partial charge >= 0.3 is 0 Å². The van der Waals surface area contributed by atoms with E-state index < -0.39 is 0 Å². The first-order chi connectivity index (χ1) is 17.2. The Kier molecular flexibility index (Phi) is 5.41. The van der Waals surface area contributed by atoms with Crippen molar-refractivity contribution in [1.82, 2.24) is 14.8 Å². The number of ether oxygens (including phenoxy) is 1. The third-order valence-corrected chi connectivity index (χ3v) is 6.62. The highest BCUT2D eigenvalue weighted by Gasteiger charge is 2.36. The average molecular weight is 463 g/mol. The van der Waals surface area contributed by atoms with Crippen molar-refractivity contribution in [2.24, 2.45) is 0 Å². The molecule has 4 aromatic rings. The van der Waals surface area contributed by atoms with Crippen molar-refractivity contribution < 1.29 is 9.53 Å². The van der Waals surface area contributed by atoms with Gasteiger partial charge in [0.15, 0.2) is 11.6 Å². The molecule has 0 saturated carbocycles. The lowest BCUT2D eigenvalue weighted by atomic mass is 9.85. The maximum Gasteiger partial charge on any atom is 0.226 e. The van der Waals surface area contributed by atoms with Crippen LogP contribution in [-0.2, 0) is 11.4 Å². The Morgan fingerprint density at radius 3 is 2.51 bits per heavy atom. The van der Waals surface area contributed by atoms with Gasteiger partial charge in [0, 0.05) is 23.3 Å². The van der Waals surface area contributed by atoms with Gasteiger partial charge in [-0.15, -0.1) is 5.10 Å². The van der Waals surface area contributed by atoms with E-state index in [9.17, 15) is 4.79 Å². The Balaban J connectivity index is 1.35. The van der Waals surface area contributed by atoms with Crippen LogP contribution in [0.25, 0.3) is 11.4 Å². The molecule has 1 aliphatic heterocycles. The Bertz CT molecular complexity index is 1400. The minimum atomic E-state index is -0.316. The van der Waals surface area contributed by atoms with Gasteiger partial charge in [0.1, 0.15) is 18.4 Å². The number of anilines is 1. The van der Waals surface area contributed by atoms with Gasteiger partial charge in [0.2, 0.25) is 5.95 Å². The molecule has 1 N–H and O–H groups in total. The van der Waals surface area contributed by atoms with Gasteiger partial charge in [-0.1, -0.05) is 72.3 Å². The van der Waals surface area contributed by atoms with Crippen molar-refractivity contribution in [2.45, 2.75) is 38.8 Å². The number of allylic oxidation sites excluding steroid dienone is 2. The van der Waals surface area contributed by atoms with E-state index in [-0.39, 0.29) is 11.8 Å². The fourth-order valence-electron chi connectivity index (χ4n) is 4.78. The Hall–Kier alpha value is -4.19. The maximum atomic E-state index is 13.1. The number of aryl methyl sites for hydroxylation is 1. The highest BCUT2D eigenvalue weighted by Crippen LogP contribution is 2.41. The van der Waals surface area contributed by atoms with Crippen molar-refractivity contribution in [1.29, 1.82) is 0 Å². The summed E-state index contributed by atoms with van der Waals surface area (Å²) in [5.74, 6) is 2.28. The molecule has 35 heavy (non-hydrogen) atoms. The predicted molar refractivity (Wildman–Crippen MR) is 135 cm³/mol. The van der Waals surface area contributed by atoms with Crippen LogP contribution in [0, 0.1) is 6.92 Å². The molecular weight excluding hydrogens is 436 g/mol. The number of carbonyl (C=O) groups is 1. The molecule has 1 unspecified atom stereocenters. The van der Waals surface area contributed by atoms with Crippen LogP contribution in [0.4, 0.5) is 5.95 Å². The second-order valence-corrected chi connectivity index (χ2v) is 9.11. The van der Waals surface area contributed by atoms with Crippen LogP contribution < -0.4 is 10.1 Å². The van der Waals surface area contributed by atoms with Crippen molar-refractivity contribution >= 4 is 11.7 Å². The normalized spacial score (nSPS) is 16.9. The van der Waals surface area contributed by atoms with Crippen LogP contribution in [0.2, 0.25) is 0 Å². The fraction of sp³-hybridized carbons (Fsp3) is 0.207. The third kappa shape index (κ3) is 4.12. The Labute approximate surface area is 204 Å². The SMILES string of the molecule is Cc1ccc(-c2nc3n(n2)C(c2ccc(OCc4ccccc4)cc2)C2=C(CCCC2=O)N3)cc1. The van der Waals surface area contributed by atoms with Crippen molar-refractivity contribution in [3.05, 3.63) is 107 Å². The molecule has 6 heteroatoms. The highest BCUT2D eigenvalue weighted by atomic mass is 16.5. The smallest absolute Gasteiger partial charge is 0.226 e. The number of fused-ring (bicyclic) bond motifs is 1. The van der Waals surface area contributed by atoms with Gasteiger partial charge < -0.3 is 10.1 Å². The summed E-state index contributed by atoms with van der Waals surface area (Å²) in [5, 5.41) is 8.26. The summed E-state index contributed by atoms with van der Waals surface area (Å²) >= 11 is 0. The lowest BCUT2D eigenvalue weighted by Gasteiger charge is -2.32. The third-order valence-electron chi connectivity index (χ3n) is 6.62. The number of benzene rings is 3. The van der Waals surface area contributed by atoms with Crippen molar-refractivity contribution in [3.63, 3.8) is 0 Å². The van der Waals surface area contributed by atoms with Gasteiger partial charge in [-0.2, -0.15) is 4.98 Å². The quantitative estimate of drug-likeness (QED) is 0.403. The van der Waals surface area contributed by atoms with E-state index in [1.807, 2.05) is 71.4 Å². The van der Waals surface area contributed by atoms with E-state index >= 15 is 0 Å². The summed E-state index contributed by atoms with van der Waals surface area (Å²) in [7, 11) is 0. The van der Waals surface area contributed by atoms with Crippen molar-refractivity contribution in [3.8, 4) is 17.1 Å². The number of nitrogens with zero attached hydrogens (tertiary/aromatic N) is 3. The molecule has 6 nitrogen and oxygen atoms in total. The molecule has 174 valence electrons. The van der Waals surface area contributed by atoms with Gasteiger partial charge in [0.05, 0.1) is 0 Å². The molecule has 2 heterocycles. The first-order valence-corrected chi connectivity index (χ1v) is 12.0. The summed E-state index contributed by atoms with van der Waals surface area (Å²) in [6.45, 7) is 2.57. The molecular formula is C29H26N4O2. The van der Waals surface area contributed by atoms with Crippen LogP contribution in [0.15, 0.2) is 90.1 Å². The zero-order chi connectivity index (χ0) is 23.8. The first-order valence-electron chi connectivity index (χ1n) is 12.0. The summed E-state index contributed by atoms with van der Waals surface area (Å²) in [5.41, 5.74) is 6.00. The number of rotatable bonds is 5. The number of aromatic nitrogens is 3. The van der Waals surface area contributed by atoms with Gasteiger partial charge in [0.25, 0.3) is 0 Å². The number of hydrogen-bond acceptors (Lipinski definition) is 5. The molecule has 0 radical (unpaired) electrons. The topological polar surface area (TPSA) is 69.0 Å². The molecule has 3 aromatic carbocycles. The zero-order valence-electron chi connectivity index (χ0n) is 19.6. The average Bonchev–Trinajstić information content (AvgIpc) is 3.31. The highest BCUT2D eigenvalue weighted by molar-refractivity contribution is 5.99. The Morgan fingerprint density at radius 1 is 0.971 bits per heavy atom. The molecule has 1 aromatic heterocycles. The molecule has 0 saturated heterocycles. The van der Waals surface area contributed by atoms with E-state index in [1.165, 1.54) is 5.56 Å².